The highest BCUT2D eigenvalue weighted by molar-refractivity contribution is 7.89. The van der Waals surface area contributed by atoms with Gasteiger partial charge in [-0.25, -0.2) is 22.3 Å². The van der Waals surface area contributed by atoms with E-state index in [-0.39, 0.29) is 6.61 Å². The van der Waals surface area contributed by atoms with Crippen LogP contribution in [0.1, 0.15) is 12.0 Å². The molecule has 1 aromatic carbocycles. The molecule has 2 unspecified atom stereocenters. The second kappa shape index (κ2) is 7.35. The maximum atomic E-state index is 13.9. The van der Waals surface area contributed by atoms with Crippen molar-refractivity contribution in [1.29, 1.82) is 0 Å². The molecule has 2 atom stereocenters. The molecule has 9 heteroatoms. The molecule has 0 aromatic heterocycles. The molecule has 1 fully saturated rings. The summed E-state index contributed by atoms with van der Waals surface area (Å²) in [6.07, 6.45) is -0.445. The minimum atomic E-state index is -4.09. The zero-order valence-corrected chi connectivity index (χ0v) is 13.3. The number of benzene rings is 1. The third kappa shape index (κ3) is 4.71. The highest BCUT2D eigenvalue weighted by Gasteiger charge is 2.32. The summed E-state index contributed by atoms with van der Waals surface area (Å²) in [4.78, 5) is 10.1. The molecule has 0 radical (unpaired) electrons. The van der Waals surface area contributed by atoms with E-state index in [2.05, 4.69) is 4.72 Å². The van der Waals surface area contributed by atoms with E-state index >= 15 is 0 Å². The Morgan fingerprint density at radius 1 is 1.52 bits per heavy atom. The van der Waals surface area contributed by atoms with E-state index in [1.807, 2.05) is 0 Å². The van der Waals surface area contributed by atoms with Crippen LogP contribution in [0, 0.1) is 12.7 Å². The first kappa shape index (κ1) is 17.8. The number of hydrogen-bond acceptors (Lipinski definition) is 5. The number of carboxylic acids is 1. The Kier molecular flexibility index (Phi) is 5.69. The lowest BCUT2D eigenvalue weighted by Gasteiger charge is -2.31. The average Bonchev–Trinajstić information content (AvgIpc) is 2.45. The van der Waals surface area contributed by atoms with Crippen molar-refractivity contribution < 1.29 is 32.2 Å². The van der Waals surface area contributed by atoms with Gasteiger partial charge >= 0.3 is 5.97 Å². The van der Waals surface area contributed by atoms with Crippen molar-refractivity contribution in [3.05, 3.63) is 29.6 Å². The van der Waals surface area contributed by atoms with Crippen molar-refractivity contribution in [2.75, 3.05) is 19.8 Å². The number of hydrogen-bond donors (Lipinski definition) is 2. The lowest BCUT2D eigenvalue weighted by molar-refractivity contribution is -0.148. The quantitative estimate of drug-likeness (QED) is 0.784. The molecule has 1 aliphatic heterocycles. The molecule has 1 aromatic rings. The number of aryl methyl sites for hydroxylation is 1. The van der Waals surface area contributed by atoms with Crippen LogP contribution in [0.3, 0.4) is 0 Å². The number of halogens is 1. The maximum absolute atomic E-state index is 13.9. The molecule has 23 heavy (non-hydrogen) atoms. The summed E-state index contributed by atoms with van der Waals surface area (Å²) in [7, 11) is -4.09. The molecule has 1 aliphatic rings. The summed E-state index contributed by atoms with van der Waals surface area (Å²) in [5.41, 5.74) is 0.607. The van der Waals surface area contributed by atoms with E-state index in [9.17, 15) is 17.6 Å². The van der Waals surface area contributed by atoms with Gasteiger partial charge in [-0.1, -0.05) is 6.07 Å². The molecule has 7 nitrogen and oxygen atoms in total. The highest BCUT2D eigenvalue weighted by atomic mass is 32.2. The smallest absolute Gasteiger partial charge is 0.329 e. The summed E-state index contributed by atoms with van der Waals surface area (Å²) in [6.45, 7) is 1.46. The van der Waals surface area contributed by atoms with Gasteiger partial charge in [-0.15, -0.1) is 0 Å². The Morgan fingerprint density at radius 3 is 2.91 bits per heavy atom. The number of rotatable bonds is 6. The number of carbonyl (C=O) groups is 1. The Hall–Kier alpha value is -1.55. The number of nitrogens with one attached hydrogen (secondary N) is 1. The Labute approximate surface area is 133 Å². The lowest BCUT2D eigenvalue weighted by atomic mass is 10.1. The largest absolute Gasteiger partial charge is 0.480 e. The summed E-state index contributed by atoms with van der Waals surface area (Å²) < 4.78 is 51.3. The van der Waals surface area contributed by atoms with E-state index in [4.69, 9.17) is 14.6 Å². The fourth-order valence-corrected chi connectivity index (χ4v) is 3.63. The molecule has 0 spiro atoms. The summed E-state index contributed by atoms with van der Waals surface area (Å²) in [5.74, 6) is -2.01. The third-order valence-electron chi connectivity index (χ3n) is 3.41. The van der Waals surface area contributed by atoms with Crippen molar-refractivity contribution in [1.82, 2.24) is 4.72 Å². The van der Waals surface area contributed by atoms with Crippen LogP contribution in [0.25, 0.3) is 0 Å². The lowest BCUT2D eigenvalue weighted by Crippen LogP contribution is -2.50. The molecule has 0 amide bonds. The van der Waals surface area contributed by atoms with Crippen LogP contribution in [0.15, 0.2) is 23.1 Å². The van der Waals surface area contributed by atoms with Crippen molar-refractivity contribution in [2.24, 2.45) is 0 Å². The van der Waals surface area contributed by atoms with Crippen molar-refractivity contribution in [3.8, 4) is 0 Å². The number of ether oxygens (including phenoxy) is 2. The summed E-state index contributed by atoms with van der Waals surface area (Å²) >= 11 is 0. The van der Waals surface area contributed by atoms with Crippen LogP contribution in [-0.4, -0.2) is 51.5 Å². The minimum absolute atomic E-state index is 0.0663. The van der Waals surface area contributed by atoms with Gasteiger partial charge in [-0.3, -0.25) is 0 Å². The van der Waals surface area contributed by atoms with E-state index in [1.54, 1.807) is 6.92 Å². The van der Waals surface area contributed by atoms with Gasteiger partial charge in [0.1, 0.15) is 17.3 Å². The van der Waals surface area contributed by atoms with E-state index < -0.39 is 45.5 Å². The van der Waals surface area contributed by atoms with Crippen LogP contribution < -0.4 is 4.72 Å². The first-order chi connectivity index (χ1) is 10.8. The number of sulfonamides is 1. The van der Waals surface area contributed by atoms with Gasteiger partial charge in [-0.2, -0.15) is 0 Å². The molecule has 2 rings (SSSR count). The highest BCUT2D eigenvalue weighted by Crippen LogP contribution is 2.19. The Balaban J connectivity index is 2.15. The molecule has 0 saturated carbocycles. The minimum Gasteiger partial charge on any atom is -0.480 e. The molecular weight excluding hydrogens is 329 g/mol. The standard InChI is InChI=1S/C14H18FNO6S/c1-9-2-3-13(10(15)6-9)23(19,20)16-11-4-5-21-7-12(11)22-8-14(17)18/h2-3,6,11-12,16H,4-5,7-8H2,1H3,(H,17,18). The third-order valence-corrected chi connectivity index (χ3v) is 4.93. The molecule has 1 saturated heterocycles. The number of carboxylic acid groups (broad SMARTS) is 1. The van der Waals surface area contributed by atoms with Gasteiger partial charge in [0.2, 0.25) is 10.0 Å². The average molecular weight is 347 g/mol. The summed E-state index contributed by atoms with van der Waals surface area (Å²) in [5, 5.41) is 8.65. The van der Waals surface area contributed by atoms with Gasteiger partial charge < -0.3 is 14.6 Å². The zero-order chi connectivity index (χ0) is 17.0. The van der Waals surface area contributed by atoms with Gasteiger partial charge in [0.25, 0.3) is 0 Å². The molecule has 128 valence electrons. The topological polar surface area (TPSA) is 102 Å². The van der Waals surface area contributed by atoms with Crippen LogP contribution in [0.2, 0.25) is 0 Å². The second-order valence-corrected chi connectivity index (χ2v) is 6.95. The number of aliphatic carboxylic acids is 1. The van der Waals surface area contributed by atoms with Gasteiger partial charge in [0, 0.05) is 6.61 Å². The Morgan fingerprint density at radius 2 is 2.26 bits per heavy atom. The van der Waals surface area contributed by atoms with E-state index in [0.717, 1.165) is 6.07 Å². The molecule has 1 heterocycles. The van der Waals surface area contributed by atoms with E-state index in [1.165, 1.54) is 12.1 Å². The Bertz CT molecular complexity index is 678. The van der Waals surface area contributed by atoms with Crippen molar-refractivity contribution >= 4 is 16.0 Å². The predicted molar refractivity (Wildman–Crippen MR) is 78.1 cm³/mol. The fraction of sp³-hybridized carbons (Fsp3) is 0.500. The predicted octanol–water partition coefficient (Wildman–Crippen LogP) is 0.671. The van der Waals surface area contributed by atoms with Crippen LogP contribution in [-0.2, 0) is 24.3 Å². The molecular formula is C14H18FNO6S. The van der Waals surface area contributed by atoms with Crippen molar-refractivity contribution in [2.45, 2.75) is 30.4 Å². The molecule has 0 bridgehead atoms. The fourth-order valence-electron chi connectivity index (χ4n) is 2.28. The second-order valence-electron chi connectivity index (χ2n) is 5.27. The summed E-state index contributed by atoms with van der Waals surface area (Å²) in [6, 6.07) is 3.14. The van der Waals surface area contributed by atoms with Crippen LogP contribution >= 0.6 is 0 Å². The zero-order valence-electron chi connectivity index (χ0n) is 12.5. The normalized spacial score (nSPS) is 22.0. The van der Waals surface area contributed by atoms with Crippen molar-refractivity contribution in [3.63, 3.8) is 0 Å². The van der Waals surface area contributed by atoms with Crippen LogP contribution in [0.4, 0.5) is 4.39 Å². The van der Waals surface area contributed by atoms with Gasteiger partial charge in [-0.05, 0) is 31.0 Å². The van der Waals surface area contributed by atoms with Gasteiger partial charge in [0.05, 0.1) is 18.8 Å². The first-order valence-corrected chi connectivity index (χ1v) is 8.47. The monoisotopic (exact) mass is 347 g/mol. The molecule has 0 aliphatic carbocycles. The SMILES string of the molecule is Cc1ccc(S(=O)(=O)NC2CCOCC2OCC(=O)O)c(F)c1. The van der Waals surface area contributed by atoms with E-state index in [0.29, 0.717) is 18.6 Å². The van der Waals surface area contributed by atoms with Crippen LogP contribution in [0.5, 0.6) is 0 Å². The molecule has 2 N–H and O–H groups in total. The maximum Gasteiger partial charge on any atom is 0.329 e. The van der Waals surface area contributed by atoms with Gasteiger partial charge in [0.15, 0.2) is 0 Å². The first-order valence-electron chi connectivity index (χ1n) is 6.99.